The number of nitrogens with zero attached hydrogens (tertiary/aromatic N) is 2. The second kappa shape index (κ2) is 7.60. The number of imidazole rings is 1. The largest absolute Gasteiger partial charge is 0.377 e. The van der Waals surface area contributed by atoms with E-state index >= 15 is 0 Å². The highest BCUT2D eigenvalue weighted by Gasteiger charge is 2.70. The van der Waals surface area contributed by atoms with Crippen molar-refractivity contribution in [2.45, 2.75) is 57.8 Å². The lowest BCUT2D eigenvalue weighted by Gasteiger charge is -2.65. The van der Waals surface area contributed by atoms with Crippen molar-refractivity contribution in [3.63, 3.8) is 0 Å². The molecule has 0 aromatic carbocycles. The van der Waals surface area contributed by atoms with Gasteiger partial charge in [-0.1, -0.05) is 13.8 Å². The van der Waals surface area contributed by atoms with Crippen molar-refractivity contribution in [1.29, 1.82) is 0 Å². The van der Waals surface area contributed by atoms with Gasteiger partial charge in [0.1, 0.15) is 5.54 Å². The number of nitrogens with one attached hydrogen (secondary N) is 1. The summed E-state index contributed by atoms with van der Waals surface area (Å²) in [6.45, 7) is 7.53. The van der Waals surface area contributed by atoms with Crippen LogP contribution in [-0.2, 0) is 16.1 Å². The van der Waals surface area contributed by atoms with Crippen molar-refractivity contribution in [1.82, 2.24) is 14.9 Å². The molecule has 8 heteroatoms. The van der Waals surface area contributed by atoms with Crippen molar-refractivity contribution in [3.8, 4) is 0 Å². The van der Waals surface area contributed by atoms with Gasteiger partial charge in [-0.25, -0.2) is 4.98 Å². The van der Waals surface area contributed by atoms with E-state index in [0.29, 0.717) is 6.54 Å². The Labute approximate surface area is 155 Å². The highest BCUT2D eigenvalue weighted by molar-refractivity contribution is 5.89. The van der Waals surface area contributed by atoms with E-state index in [0.717, 1.165) is 19.4 Å². The molecule has 1 amide bonds. The second-order valence-electron chi connectivity index (χ2n) is 7.26. The maximum Gasteiger partial charge on any atom is 0.241 e. The van der Waals surface area contributed by atoms with Crippen LogP contribution in [0.5, 0.6) is 0 Å². The molecule has 2 fully saturated rings. The van der Waals surface area contributed by atoms with E-state index < -0.39 is 5.54 Å². The van der Waals surface area contributed by atoms with Crippen LogP contribution >= 0.6 is 24.8 Å². The van der Waals surface area contributed by atoms with Crippen LogP contribution in [0.25, 0.3) is 0 Å². The molecule has 2 heterocycles. The molecule has 4 atom stereocenters. The molecular formula is C16H28Cl2N4O2. The Morgan fingerprint density at radius 2 is 2.21 bits per heavy atom. The number of halogens is 2. The van der Waals surface area contributed by atoms with Gasteiger partial charge < -0.3 is 20.4 Å². The minimum atomic E-state index is -0.846. The number of hydrogen-bond acceptors (Lipinski definition) is 4. The Morgan fingerprint density at radius 1 is 1.50 bits per heavy atom. The molecule has 1 saturated carbocycles. The highest BCUT2D eigenvalue weighted by Crippen LogP contribution is 2.57. The summed E-state index contributed by atoms with van der Waals surface area (Å²) in [6.07, 6.45) is 7.42. The van der Waals surface area contributed by atoms with Gasteiger partial charge in [0.2, 0.25) is 5.91 Å². The van der Waals surface area contributed by atoms with Crippen LogP contribution in [0, 0.1) is 11.3 Å². The Balaban J connectivity index is 0.00000144. The van der Waals surface area contributed by atoms with Crippen LogP contribution < -0.4 is 11.1 Å². The molecule has 0 bridgehead atoms. The quantitative estimate of drug-likeness (QED) is 0.835. The fraction of sp³-hybridized carbons (Fsp3) is 0.750. The van der Waals surface area contributed by atoms with E-state index in [1.165, 1.54) is 0 Å². The van der Waals surface area contributed by atoms with Gasteiger partial charge in [-0.2, -0.15) is 0 Å². The first-order valence-corrected chi connectivity index (χ1v) is 8.04. The average Bonchev–Trinajstić information content (AvgIpc) is 2.98. The smallest absolute Gasteiger partial charge is 0.241 e. The predicted octanol–water partition coefficient (Wildman–Crippen LogP) is 1.76. The lowest BCUT2D eigenvalue weighted by Crippen LogP contribution is -2.82. The molecule has 1 saturated heterocycles. The molecule has 1 aliphatic heterocycles. The molecule has 2 aliphatic rings. The molecule has 1 aliphatic carbocycles. The fourth-order valence-electron chi connectivity index (χ4n) is 4.14. The number of aromatic nitrogens is 2. The van der Waals surface area contributed by atoms with Gasteiger partial charge in [0, 0.05) is 42.9 Å². The van der Waals surface area contributed by atoms with Gasteiger partial charge in [0.15, 0.2) is 0 Å². The topological polar surface area (TPSA) is 82.2 Å². The SMILES string of the molecule is CC(Cn1ccnc1)NC(=O)C1(N)C2CCCOC2C1(C)C.Cl.Cl. The number of hydrogen-bond donors (Lipinski definition) is 2. The summed E-state index contributed by atoms with van der Waals surface area (Å²) in [4.78, 5) is 16.9. The number of fused-ring (bicyclic) bond motifs is 1. The van der Waals surface area contributed by atoms with Crippen LogP contribution in [-0.4, -0.2) is 39.7 Å². The lowest BCUT2D eigenvalue weighted by molar-refractivity contribution is -0.225. The van der Waals surface area contributed by atoms with Gasteiger partial charge in [0.05, 0.1) is 12.4 Å². The van der Waals surface area contributed by atoms with E-state index in [-0.39, 0.29) is 54.2 Å². The van der Waals surface area contributed by atoms with E-state index in [9.17, 15) is 4.79 Å². The molecule has 1 aromatic rings. The van der Waals surface area contributed by atoms with Crippen LogP contribution in [0.2, 0.25) is 0 Å². The first-order chi connectivity index (χ1) is 10.4. The van der Waals surface area contributed by atoms with Crippen molar-refractivity contribution >= 4 is 30.7 Å². The summed E-state index contributed by atoms with van der Waals surface area (Å²) in [5.74, 6) is 0.0635. The fourth-order valence-corrected chi connectivity index (χ4v) is 4.14. The molecule has 3 rings (SSSR count). The summed E-state index contributed by atoms with van der Waals surface area (Å²) < 4.78 is 7.81. The van der Waals surface area contributed by atoms with E-state index in [4.69, 9.17) is 10.5 Å². The van der Waals surface area contributed by atoms with Gasteiger partial charge in [-0.15, -0.1) is 24.8 Å². The molecule has 1 aromatic heterocycles. The van der Waals surface area contributed by atoms with Crippen molar-refractivity contribution in [2.75, 3.05) is 6.61 Å². The maximum absolute atomic E-state index is 12.8. The minimum Gasteiger partial charge on any atom is -0.377 e. The van der Waals surface area contributed by atoms with Gasteiger partial charge in [0.25, 0.3) is 0 Å². The number of nitrogens with two attached hydrogens (primary N) is 1. The van der Waals surface area contributed by atoms with Crippen LogP contribution in [0.4, 0.5) is 0 Å². The van der Waals surface area contributed by atoms with E-state index in [2.05, 4.69) is 10.3 Å². The molecule has 6 nitrogen and oxygen atoms in total. The summed E-state index contributed by atoms with van der Waals surface area (Å²) >= 11 is 0. The van der Waals surface area contributed by atoms with E-state index in [1.807, 2.05) is 31.5 Å². The Kier molecular flexibility index (Phi) is 6.72. The summed E-state index contributed by atoms with van der Waals surface area (Å²) in [5.41, 5.74) is 5.41. The van der Waals surface area contributed by atoms with Crippen LogP contribution in [0.3, 0.4) is 0 Å². The van der Waals surface area contributed by atoms with Gasteiger partial charge in [-0.05, 0) is 19.8 Å². The Hall–Kier alpha value is -0.820. The third-order valence-corrected chi connectivity index (χ3v) is 5.48. The zero-order chi connectivity index (χ0) is 16.0. The molecular weight excluding hydrogens is 351 g/mol. The molecule has 3 N–H and O–H groups in total. The number of rotatable bonds is 4. The first kappa shape index (κ1) is 21.2. The van der Waals surface area contributed by atoms with Crippen molar-refractivity contribution in [2.24, 2.45) is 17.1 Å². The van der Waals surface area contributed by atoms with Crippen LogP contribution in [0.15, 0.2) is 18.7 Å². The molecule has 0 radical (unpaired) electrons. The second-order valence-corrected chi connectivity index (χ2v) is 7.26. The zero-order valence-corrected chi connectivity index (χ0v) is 16.0. The number of carbonyl (C=O) groups excluding carboxylic acids is 1. The highest BCUT2D eigenvalue weighted by atomic mass is 35.5. The third kappa shape index (κ3) is 3.17. The number of amides is 1. The monoisotopic (exact) mass is 378 g/mol. The summed E-state index contributed by atoms with van der Waals surface area (Å²) in [6, 6.07) is 0.00137. The lowest BCUT2D eigenvalue weighted by atomic mass is 9.46. The average molecular weight is 379 g/mol. The Bertz CT molecular complexity index is 552. The van der Waals surface area contributed by atoms with Gasteiger partial charge in [-0.3, -0.25) is 4.79 Å². The van der Waals surface area contributed by atoms with Crippen molar-refractivity contribution in [3.05, 3.63) is 18.7 Å². The third-order valence-electron chi connectivity index (χ3n) is 5.48. The normalized spacial score (nSPS) is 31.5. The molecule has 4 unspecified atom stereocenters. The van der Waals surface area contributed by atoms with Gasteiger partial charge >= 0.3 is 0 Å². The minimum absolute atomic E-state index is 0. The predicted molar refractivity (Wildman–Crippen MR) is 97.5 cm³/mol. The zero-order valence-electron chi connectivity index (χ0n) is 14.4. The van der Waals surface area contributed by atoms with E-state index in [1.54, 1.807) is 12.5 Å². The molecule has 138 valence electrons. The Morgan fingerprint density at radius 3 is 2.83 bits per heavy atom. The molecule has 0 spiro atoms. The summed E-state index contributed by atoms with van der Waals surface area (Å²) in [7, 11) is 0. The van der Waals surface area contributed by atoms with Crippen LogP contribution in [0.1, 0.15) is 33.6 Å². The summed E-state index contributed by atoms with van der Waals surface area (Å²) in [5, 5.41) is 3.08. The number of carbonyl (C=O) groups is 1. The first-order valence-electron chi connectivity index (χ1n) is 8.04. The molecule has 24 heavy (non-hydrogen) atoms. The maximum atomic E-state index is 12.8. The van der Waals surface area contributed by atoms with Crippen molar-refractivity contribution < 1.29 is 9.53 Å². The standard InChI is InChI=1S/C16H26N4O2.2ClH/c1-11(9-20-7-6-18-10-20)19-14(21)16(17)12-5-4-8-22-13(12)15(16,2)3;;/h6-7,10-13H,4-5,8-9,17H2,1-3H3,(H,19,21);2*1H. The number of ether oxygens (including phenoxy) is 1.